The molecule has 2 rings (SSSR count). The summed E-state index contributed by atoms with van der Waals surface area (Å²) in [5, 5.41) is 4.18. The molecule has 0 saturated carbocycles. The van der Waals surface area contributed by atoms with Crippen LogP contribution in [-0.4, -0.2) is 23.5 Å². The number of ether oxygens (including phenoxy) is 2. The van der Waals surface area contributed by atoms with Crippen LogP contribution in [0.25, 0.3) is 5.69 Å². The zero-order valence-electron chi connectivity index (χ0n) is 9.88. The minimum Gasteiger partial charge on any atom is -0.493 e. The molecule has 1 aromatic carbocycles. The van der Waals surface area contributed by atoms with Gasteiger partial charge < -0.3 is 15.2 Å². The third-order valence-corrected chi connectivity index (χ3v) is 2.36. The molecule has 5 heteroatoms. The van der Waals surface area contributed by atoms with Gasteiger partial charge in [-0.05, 0) is 19.1 Å². The zero-order valence-corrected chi connectivity index (χ0v) is 9.88. The van der Waals surface area contributed by atoms with E-state index in [-0.39, 0.29) is 0 Å². The van der Waals surface area contributed by atoms with Crippen molar-refractivity contribution < 1.29 is 9.47 Å². The van der Waals surface area contributed by atoms with E-state index in [1.807, 2.05) is 19.1 Å². The molecule has 0 spiro atoms. The Morgan fingerprint density at radius 2 is 2.24 bits per heavy atom. The van der Waals surface area contributed by atoms with E-state index in [0.717, 1.165) is 5.69 Å². The highest BCUT2D eigenvalue weighted by Crippen LogP contribution is 2.25. The van der Waals surface area contributed by atoms with Crippen molar-refractivity contribution in [1.82, 2.24) is 9.78 Å². The smallest absolute Gasteiger partial charge is 0.157 e. The maximum atomic E-state index is 5.81. The first-order valence-corrected chi connectivity index (χ1v) is 5.36. The lowest BCUT2D eigenvalue weighted by atomic mass is 10.2. The summed E-state index contributed by atoms with van der Waals surface area (Å²) in [5.74, 6) is 1.37. The number of nitrogen functional groups attached to an aromatic ring is 1. The fourth-order valence-electron chi connectivity index (χ4n) is 1.50. The molecule has 0 aliphatic heterocycles. The van der Waals surface area contributed by atoms with Gasteiger partial charge in [-0.15, -0.1) is 0 Å². The second kappa shape index (κ2) is 4.78. The SMILES string of the molecule is CCOc1cc(-n2cc(OC)cn2)ccc1N. The minimum absolute atomic E-state index is 0.579. The molecule has 0 unspecified atom stereocenters. The molecule has 0 aliphatic carbocycles. The lowest BCUT2D eigenvalue weighted by molar-refractivity contribution is 0.342. The van der Waals surface area contributed by atoms with Gasteiger partial charge in [0.25, 0.3) is 0 Å². The number of hydrogen-bond acceptors (Lipinski definition) is 4. The number of anilines is 1. The summed E-state index contributed by atoms with van der Waals surface area (Å²) in [6.07, 6.45) is 3.44. The second-order valence-corrected chi connectivity index (χ2v) is 3.48. The fourth-order valence-corrected chi connectivity index (χ4v) is 1.50. The van der Waals surface area contributed by atoms with E-state index in [1.54, 1.807) is 30.3 Å². The predicted octanol–water partition coefficient (Wildman–Crippen LogP) is 1.86. The second-order valence-electron chi connectivity index (χ2n) is 3.48. The first kappa shape index (κ1) is 11.3. The van der Waals surface area contributed by atoms with E-state index in [9.17, 15) is 0 Å². The van der Waals surface area contributed by atoms with Crippen LogP contribution in [0.2, 0.25) is 0 Å². The van der Waals surface area contributed by atoms with E-state index in [0.29, 0.717) is 23.8 Å². The van der Waals surface area contributed by atoms with Crippen LogP contribution >= 0.6 is 0 Å². The number of nitrogens with two attached hydrogens (primary N) is 1. The van der Waals surface area contributed by atoms with Crippen molar-refractivity contribution in [2.24, 2.45) is 0 Å². The highest BCUT2D eigenvalue weighted by Gasteiger charge is 2.05. The molecule has 1 aromatic heterocycles. The highest BCUT2D eigenvalue weighted by molar-refractivity contribution is 5.57. The summed E-state index contributed by atoms with van der Waals surface area (Å²) in [4.78, 5) is 0. The Labute approximate surface area is 99.8 Å². The van der Waals surface area contributed by atoms with E-state index >= 15 is 0 Å². The number of methoxy groups -OCH3 is 1. The molecule has 0 saturated heterocycles. The number of aromatic nitrogens is 2. The first-order chi connectivity index (χ1) is 8.24. The van der Waals surface area contributed by atoms with Gasteiger partial charge in [0.1, 0.15) is 5.75 Å². The van der Waals surface area contributed by atoms with Gasteiger partial charge in [-0.25, -0.2) is 4.68 Å². The van der Waals surface area contributed by atoms with Crippen molar-refractivity contribution in [3.05, 3.63) is 30.6 Å². The summed E-state index contributed by atoms with van der Waals surface area (Å²) in [5.41, 5.74) is 7.31. The van der Waals surface area contributed by atoms with Crippen LogP contribution in [0.4, 0.5) is 5.69 Å². The molecule has 2 N–H and O–H groups in total. The quantitative estimate of drug-likeness (QED) is 0.819. The molecule has 5 nitrogen and oxygen atoms in total. The molecule has 0 amide bonds. The minimum atomic E-state index is 0.579. The van der Waals surface area contributed by atoms with Crippen LogP contribution in [0.15, 0.2) is 30.6 Å². The van der Waals surface area contributed by atoms with Crippen molar-refractivity contribution in [2.75, 3.05) is 19.5 Å². The van der Waals surface area contributed by atoms with Crippen molar-refractivity contribution >= 4 is 5.69 Å². The van der Waals surface area contributed by atoms with Gasteiger partial charge in [-0.2, -0.15) is 5.10 Å². The Kier molecular flexibility index (Phi) is 3.18. The van der Waals surface area contributed by atoms with Gasteiger partial charge in [0.05, 0.1) is 37.5 Å². The van der Waals surface area contributed by atoms with Crippen molar-refractivity contribution in [3.8, 4) is 17.2 Å². The van der Waals surface area contributed by atoms with Crippen molar-refractivity contribution in [1.29, 1.82) is 0 Å². The van der Waals surface area contributed by atoms with Crippen LogP contribution < -0.4 is 15.2 Å². The molecule has 1 heterocycles. The summed E-state index contributed by atoms with van der Waals surface area (Å²) >= 11 is 0. The number of nitrogens with zero attached hydrogens (tertiary/aromatic N) is 2. The maximum Gasteiger partial charge on any atom is 0.157 e. The van der Waals surface area contributed by atoms with E-state index in [4.69, 9.17) is 15.2 Å². The van der Waals surface area contributed by atoms with E-state index in [2.05, 4.69) is 5.10 Å². The van der Waals surface area contributed by atoms with Crippen molar-refractivity contribution in [3.63, 3.8) is 0 Å². The molecule has 17 heavy (non-hydrogen) atoms. The Morgan fingerprint density at radius 1 is 1.41 bits per heavy atom. The molecule has 2 aromatic rings. The molecule has 0 radical (unpaired) electrons. The van der Waals surface area contributed by atoms with Gasteiger partial charge in [-0.3, -0.25) is 0 Å². The van der Waals surface area contributed by atoms with Crippen LogP contribution in [0.1, 0.15) is 6.92 Å². The monoisotopic (exact) mass is 233 g/mol. The Morgan fingerprint density at radius 3 is 2.88 bits per heavy atom. The third-order valence-electron chi connectivity index (χ3n) is 2.36. The third kappa shape index (κ3) is 2.33. The van der Waals surface area contributed by atoms with Crippen LogP contribution in [-0.2, 0) is 0 Å². The predicted molar refractivity (Wildman–Crippen MR) is 65.7 cm³/mol. The highest BCUT2D eigenvalue weighted by atomic mass is 16.5. The molecule has 0 aliphatic rings. The van der Waals surface area contributed by atoms with Gasteiger partial charge in [-0.1, -0.05) is 0 Å². The lowest BCUT2D eigenvalue weighted by Gasteiger charge is -2.09. The van der Waals surface area contributed by atoms with Crippen LogP contribution in [0, 0.1) is 0 Å². The summed E-state index contributed by atoms with van der Waals surface area (Å²) in [6.45, 7) is 2.50. The summed E-state index contributed by atoms with van der Waals surface area (Å²) in [6, 6.07) is 5.53. The van der Waals surface area contributed by atoms with Gasteiger partial charge in [0.2, 0.25) is 0 Å². The average Bonchev–Trinajstić information content (AvgIpc) is 2.81. The standard InChI is InChI=1S/C12H15N3O2/c1-3-17-12-6-9(4-5-11(12)13)15-8-10(16-2)7-14-15/h4-8H,3,13H2,1-2H3. The van der Waals surface area contributed by atoms with Gasteiger partial charge >= 0.3 is 0 Å². The van der Waals surface area contributed by atoms with Crippen molar-refractivity contribution in [2.45, 2.75) is 6.92 Å². The van der Waals surface area contributed by atoms with E-state index < -0.39 is 0 Å². The Balaban J connectivity index is 2.35. The fraction of sp³-hybridized carbons (Fsp3) is 0.250. The topological polar surface area (TPSA) is 62.3 Å². The normalized spacial score (nSPS) is 10.2. The molecule has 90 valence electrons. The molecular formula is C12H15N3O2. The molecular weight excluding hydrogens is 218 g/mol. The van der Waals surface area contributed by atoms with Gasteiger partial charge in [0.15, 0.2) is 5.75 Å². The van der Waals surface area contributed by atoms with Crippen LogP contribution in [0.5, 0.6) is 11.5 Å². The first-order valence-electron chi connectivity index (χ1n) is 5.36. The van der Waals surface area contributed by atoms with Gasteiger partial charge in [0, 0.05) is 6.07 Å². The van der Waals surface area contributed by atoms with E-state index in [1.165, 1.54) is 0 Å². The largest absolute Gasteiger partial charge is 0.493 e. The molecule has 0 fully saturated rings. The summed E-state index contributed by atoms with van der Waals surface area (Å²) in [7, 11) is 1.61. The zero-order chi connectivity index (χ0) is 12.3. The average molecular weight is 233 g/mol. The molecule has 0 atom stereocenters. The Bertz CT molecular complexity index is 508. The lowest BCUT2D eigenvalue weighted by Crippen LogP contribution is -2.00. The molecule has 0 bridgehead atoms. The number of rotatable bonds is 4. The number of hydrogen-bond donors (Lipinski definition) is 1. The summed E-state index contributed by atoms with van der Waals surface area (Å²) < 4.78 is 12.2. The number of benzene rings is 1. The Hall–Kier alpha value is -2.17. The van der Waals surface area contributed by atoms with Crippen LogP contribution in [0.3, 0.4) is 0 Å². The maximum absolute atomic E-state index is 5.81.